The maximum Gasteiger partial charge on any atom is 0.332 e. The third-order valence-corrected chi connectivity index (χ3v) is 5.72. The molecule has 0 bridgehead atoms. The van der Waals surface area contributed by atoms with E-state index < -0.39 is 16.9 Å². The molecule has 0 spiro atoms. The molecule has 0 amide bonds. The van der Waals surface area contributed by atoms with E-state index in [-0.39, 0.29) is 17.4 Å². The lowest BCUT2D eigenvalue weighted by molar-refractivity contribution is -0.151. The molecule has 1 aromatic carbocycles. The van der Waals surface area contributed by atoms with Gasteiger partial charge in [-0.2, -0.15) is 0 Å². The van der Waals surface area contributed by atoms with Crippen LogP contribution in [0.3, 0.4) is 0 Å². The van der Waals surface area contributed by atoms with Gasteiger partial charge in [-0.15, -0.1) is 0 Å². The standard InChI is InChI=1S/C20H23BrN4O4S/c1-20(2,3)29-14(26)11-30-18-22-16-15(17(27)24(5)19(28)23(16)4)25(18)10-12-7-6-8-13(21)9-12/h6-9H,10-11H2,1-5H3. The van der Waals surface area contributed by atoms with Crippen LogP contribution in [0.15, 0.2) is 43.5 Å². The molecule has 2 heterocycles. The minimum atomic E-state index is -0.589. The van der Waals surface area contributed by atoms with Gasteiger partial charge in [0, 0.05) is 18.6 Å². The van der Waals surface area contributed by atoms with Crippen molar-refractivity contribution in [3.8, 4) is 0 Å². The molecule has 160 valence electrons. The van der Waals surface area contributed by atoms with Crippen LogP contribution in [0.1, 0.15) is 26.3 Å². The molecular weight excluding hydrogens is 472 g/mol. The van der Waals surface area contributed by atoms with E-state index in [0.717, 1.165) is 14.6 Å². The topological polar surface area (TPSA) is 88.1 Å². The largest absolute Gasteiger partial charge is 0.459 e. The summed E-state index contributed by atoms with van der Waals surface area (Å²) >= 11 is 4.63. The van der Waals surface area contributed by atoms with Gasteiger partial charge in [0.05, 0.1) is 12.3 Å². The predicted molar refractivity (Wildman–Crippen MR) is 120 cm³/mol. The van der Waals surface area contributed by atoms with Crippen molar-refractivity contribution in [1.29, 1.82) is 0 Å². The van der Waals surface area contributed by atoms with Gasteiger partial charge in [0.2, 0.25) is 0 Å². The third-order valence-electron chi connectivity index (χ3n) is 4.28. The lowest BCUT2D eigenvalue weighted by Crippen LogP contribution is -2.37. The van der Waals surface area contributed by atoms with Crippen LogP contribution in [0.5, 0.6) is 0 Å². The van der Waals surface area contributed by atoms with E-state index in [9.17, 15) is 14.4 Å². The maximum absolute atomic E-state index is 12.9. The zero-order valence-corrected chi connectivity index (χ0v) is 19.8. The second-order valence-corrected chi connectivity index (χ2v) is 9.72. The number of nitrogens with zero attached hydrogens (tertiary/aromatic N) is 4. The van der Waals surface area contributed by atoms with Crippen LogP contribution in [-0.4, -0.2) is 36.0 Å². The number of benzene rings is 1. The van der Waals surface area contributed by atoms with Gasteiger partial charge in [0.1, 0.15) is 5.60 Å². The first-order valence-corrected chi connectivity index (χ1v) is 11.0. The van der Waals surface area contributed by atoms with Crippen molar-refractivity contribution >= 4 is 44.8 Å². The predicted octanol–water partition coefficient (Wildman–Crippen LogP) is 2.68. The highest BCUT2D eigenvalue weighted by Crippen LogP contribution is 2.24. The fraction of sp³-hybridized carbons (Fsp3) is 0.400. The summed E-state index contributed by atoms with van der Waals surface area (Å²) in [5.41, 5.74) is 0.0614. The summed E-state index contributed by atoms with van der Waals surface area (Å²) in [6.45, 7) is 5.77. The number of halogens is 1. The fourth-order valence-corrected chi connectivity index (χ4v) is 4.21. The Morgan fingerprint density at radius 1 is 1.20 bits per heavy atom. The summed E-state index contributed by atoms with van der Waals surface area (Å²) in [6, 6.07) is 7.70. The summed E-state index contributed by atoms with van der Waals surface area (Å²) in [5, 5.41) is 0.467. The van der Waals surface area contributed by atoms with Gasteiger partial charge in [-0.05, 0) is 38.5 Å². The first kappa shape index (κ1) is 22.4. The average Bonchev–Trinajstić information content (AvgIpc) is 3.00. The zero-order valence-electron chi connectivity index (χ0n) is 17.4. The van der Waals surface area contributed by atoms with E-state index in [0.29, 0.717) is 17.2 Å². The summed E-state index contributed by atoms with van der Waals surface area (Å²) < 4.78 is 10.4. The van der Waals surface area contributed by atoms with E-state index in [4.69, 9.17) is 4.74 Å². The Morgan fingerprint density at radius 3 is 2.53 bits per heavy atom. The molecule has 0 saturated heterocycles. The zero-order chi connectivity index (χ0) is 22.2. The Hall–Kier alpha value is -2.33. The molecule has 0 aliphatic carbocycles. The maximum atomic E-state index is 12.9. The van der Waals surface area contributed by atoms with Crippen LogP contribution in [0.25, 0.3) is 11.2 Å². The first-order valence-electron chi connectivity index (χ1n) is 9.23. The molecule has 0 unspecified atom stereocenters. The highest BCUT2D eigenvalue weighted by molar-refractivity contribution is 9.10. The molecule has 0 aliphatic heterocycles. The Balaban J connectivity index is 2.10. The van der Waals surface area contributed by atoms with E-state index in [1.54, 1.807) is 32.4 Å². The van der Waals surface area contributed by atoms with Gasteiger partial charge < -0.3 is 9.30 Å². The third kappa shape index (κ3) is 4.70. The molecule has 2 aromatic heterocycles. The molecule has 0 radical (unpaired) electrons. The van der Waals surface area contributed by atoms with E-state index in [1.165, 1.54) is 23.4 Å². The van der Waals surface area contributed by atoms with Gasteiger partial charge in [-0.25, -0.2) is 9.78 Å². The van der Waals surface area contributed by atoms with Crippen LogP contribution in [0.2, 0.25) is 0 Å². The SMILES string of the molecule is Cn1c(=O)c2c(nc(SCC(=O)OC(C)(C)C)n2Cc2cccc(Br)c2)n(C)c1=O. The van der Waals surface area contributed by atoms with Gasteiger partial charge in [-0.1, -0.05) is 39.8 Å². The summed E-state index contributed by atoms with van der Waals surface area (Å²) in [6.07, 6.45) is 0. The van der Waals surface area contributed by atoms with Gasteiger partial charge >= 0.3 is 11.7 Å². The summed E-state index contributed by atoms with van der Waals surface area (Å²) in [5.74, 6) is -0.344. The van der Waals surface area contributed by atoms with Crippen LogP contribution in [0.4, 0.5) is 0 Å². The summed E-state index contributed by atoms with van der Waals surface area (Å²) in [7, 11) is 3.01. The minimum absolute atomic E-state index is 0.0351. The van der Waals surface area contributed by atoms with Gasteiger partial charge in [0.25, 0.3) is 5.56 Å². The highest BCUT2D eigenvalue weighted by atomic mass is 79.9. The summed E-state index contributed by atoms with van der Waals surface area (Å²) in [4.78, 5) is 42.0. The fourth-order valence-electron chi connectivity index (χ4n) is 3.00. The Bertz CT molecular complexity index is 1240. The van der Waals surface area contributed by atoms with Crippen molar-refractivity contribution in [2.75, 3.05) is 5.75 Å². The van der Waals surface area contributed by atoms with Crippen molar-refractivity contribution in [3.05, 3.63) is 55.1 Å². The van der Waals surface area contributed by atoms with Crippen molar-refractivity contribution in [3.63, 3.8) is 0 Å². The Labute approximate surface area is 186 Å². The van der Waals surface area contributed by atoms with Crippen molar-refractivity contribution in [1.82, 2.24) is 18.7 Å². The van der Waals surface area contributed by atoms with Crippen molar-refractivity contribution in [2.24, 2.45) is 14.1 Å². The number of rotatable bonds is 5. The number of thioether (sulfide) groups is 1. The molecule has 3 rings (SSSR count). The lowest BCUT2D eigenvalue weighted by Gasteiger charge is -2.19. The second-order valence-electron chi connectivity index (χ2n) is 7.86. The average molecular weight is 495 g/mol. The quantitative estimate of drug-likeness (QED) is 0.400. The number of imidazole rings is 1. The molecule has 0 N–H and O–H groups in total. The minimum Gasteiger partial charge on any atom is -0.459 e. The first-order chi connectivity index (χ1) is 14.0. The van der Waals surface area contributed by atoms with E-state index >= 15 is 0 Å². The molecule has 0 aliphatic rings. The Kier molecular flexibility index (Phi) is 6.28. The Morgan fingerprint density at radius 2 is 1.90 bits per heavy atom. The van der Waals surface area contributed by atoms with Crippen LogP contribution >= 0.6 is 27.7 Å². The molecule has 0 saturated carbocycles. The number of aryl methyl sites for hydroxylation is 1. The monoisotopic (exact) mass is 494 g/mol. The normalized spacial score (nSPS) is 11.8. The number of esters is 1. The lowest BCUT2D eigenvalue weighted by atomic mass is 10.2. The van der Waals surface area contributed by atoms with Crippen molar-refractivity contribution < 1.29 is 9.53 Å². The molecule has 10 heteroatoms. The van der Waals surface area contributed by atoms with Gasteiger partial charge in [-0.3, -0.25) is 18.7 Å². The molecule has 0 atom stereocenters. The number of carbonyl (C=O) groups excluding carboxylic acids is 1. The number of ether oxygens (including phenoxy) is 1. The van der Waals surface area contributed by atoms with Crippen LogP contribution in [0, 0.1) is 0 Å². The number of fused-ring (bicyclic) bond motifs is 1. The van der Waals surface area contributed by atoms with Crippen molar-refractivity contribution in [2.45, 2.75) is 38.1 Å². The molecular formula is C20H23BrN4O4S. The number of hydrogen-bond donors (Lipinski definition) is 0. The molecule has 30 heavy (non-hydrogen) atoms. The number of carbonyl (C=O) groups is 1. The van der Waals surface area contributed by atoms with E-state index in [1.807, 2.05) is 24.3 Å². The van der Waals surface area contributed by atoms with Crippen LogP contribution < -0.4 is 11.2 Å². The van der Waals surface area contributed by atoms with E-state index in [2.05, 4.69) is 20.9 Å². The van der Waals surface area contributed by atoms with Crippen LogP contribution in [-0.2, 0) is 30.2 Å². The second kappa shape index (κ2) is 8.43. The molecule has 3 aromatic rings. The number of hydrogen-bond acceptors (Lipinski definition) is 6. The molecule has 8 nitrogen and oxygen atoms in total. The molecule has 0 fully saturated rings. The smallest absolute Gasteiger partial charge is 0.332 e. The number of aromatic nitrogens is 4. The van der Waals surface area contributed by atoms with Gasteiger partial charge in [0.15, 0.2) is 16.3 Å². The highest BCUT2D eigenvalue weighted by Gasteiger charge is 2.22.